The molecule has 0 aliphatic carbocycles. The number of Topliss-reactive ketones (excluding diaryl/α,β-unsaturated/α-hetero) is 1. The van der Waals surface area contributed by atoms with Crippen molar-refractivity contribution >= 4 is 12.1 Å². The molecule has 0 saturated carbocycles. The highest BCUT2D eigenvalue weighted by atomic mass is 16.1. The first kappa shape index (κ1) is 11.1. The molecular formula is C10H16O2. The topological polar surface area (TPSA) is 34.1 Å². The van der Waals surface area contributed by atoms with Crippen molar-refractivity contribution in [1.82, 2.24) is 0 Å². The summed E-state index contributed by atoms with van der Waals surface area (Å²) in [6, 6.07) is 0. The number of ketones is 1. The van der Waals surface area contributed by atoms with E-state index in [1.165, 1.54) is 0 Å². The van der Waals surface area contributed by atoms with E-state index in [1.807, 2.05) is 6.92 Å². The molecular weight excluding hydrogens is 152 g/mol. The van der Waals surface area contributed by atoms with Gasteiger partial charge in [0.2, 0.25) is 0 Å². The number of rotatable bonds is 6. The van der Waals surface area contributed by atoms with E-state index >= 15 is 0 Å². The molecule has 0 bridgehead atoms. The van der Waals surface area contributed by atoms with Crippen LogP contribution in [0.4, 0.5) is 0 Å². The van der Waals surface area contributed by atoms with Gasteiger partial charge in [-0.2, -0.15) is 0 Å². The maximum Gasteiger partial charge on any atom is 0.129 e. The molecule has 0 unspecified atom stereocenters. The zero-order valence-electron chi connectivity index (χ0n) is 7.80. The molecule has 0 aliphatic rings. The number of hydrogen-bond donors (Lipinski definition) is 0. The summed E-state index contributed by atoms with van der Waals surface area (Å²) >= 11 is 0. The minimum absolute atomic E-state index is 0.173. The van der Waals surface area contributed by atoms with Gasteiger partial charge in [-0.1, -0.05) is 12.2 Å². The summed E-state index contributed by atoms with van der Waals surface area (Å²) in [5, 5.41) is 0. The fourth-order valence-corrected chi connectivity index (χ4v) is 1.06. The molecule has 0 heterocycles. The lowest BCUT2D eigenvalue weighted by Crippen LogP contribution is -2.04. The van der Waals surface area contributed by atoms with Crippen LogP contribution in [0.25, 0.3) is 0 Å². The van der Waals surface area contributed by atoms with E-state index in [1.54, 1.807) is 6.92 Å². The van der Waals surface area contributed by atoms with Crippen LogP contribution in [0.15, 0.2) is 12.2 Å². The maximum absolute atomic E-state index is 10.7. The van der Waals surface area contributed by atoms with Gasteiger partial charge in [-0.15, -0.1) is 0 Å². The first-order valence-electron chi connectivity index (χ1n) is 4.16. The summed E-state index contributed by atoms with van der Waals surface area (Å²) in [7, 11) is 0. The molecule has 0 rings (SSSR count). The van der Waals surface area contributed by atoms with E-state index in [0.717, 1.165) is 18.3 Å². The van der Waals surface area contributed by atoms with E-state index in [-0.39, 0.29) is 11.7 Å². The molecule has 0 saturated heterocycles. The summed E-state index contributed by atoms with van der Waals surface area (Å²) in [4.78, 5) is 20.9. The molecule has 0 aromatic rings. The molecule has 0 aromatic heterocycles. The standard InChI is InChI=1S/C10H16O2/c1-8(2)10(6-7-11)5-4-9(3)12/h7,10H,1,4-6H2,2-3H3/t10-/m1/s1. The first-order chi connectivity index (χ1) is 5.57. The third-order valence-electron chi connectivity index (χ3n) is 1.92. The van der Waals surface area contributed by atoms with Gasteiger partial charge in [0.05, 0.1) is 0 Å². The van der Waals surface area contributed by atoms with Gasteiger partial charge in [0.15, 0.2) is 0 Å². The fourth-order valence-electron chi connectivity index (χ4n) is 1.06. The smallest absolute Gasteiger partial charge is 0.129 e. The lowest BCUT2D eigenvalue weighted by atomic mass is 9.93. The van der Waals surface area contributed by atoms with Crippen LogP contribution in [-0.4, -0.2) is 12.1 Å². The number of aldehydes is 1. The van der Waals surface area contributed by atoms with Crippen molar-refractivity contribution in [2.45, 2.75) is 33.1 Å². The Labute approximate surface area is 73.7 Å². The van der Waals surface area contributed by atoms with Gasteiger partial charge in [0, 0.05) is 12.8 Å². The molecule has 0 N–H and O–H groups in total. The van der Waals surface area contributed by atoms with Crippen molar-refractivity contribution < 1.29 is 9.59 Å². The van der Waals surface area contributed by atoms with E-state index in [4.69, 9.17) is 0 Å². The fraction of sp³-hybridized carbons (Fsp3) is 0.600. The highest BCUT2D eigenvalue weighted by molar-refractivity contribution is 5.75. The van der Waals surface area contributed by atoms with Crippen molar-refractivity contribution in [3.05, 3.63) is 12.2 Å². The minimum atomic E-state index is 0.173. The number of carbonyl (C=O) groups excluding carboxylic acids is 2. The largest absolute Gasteiger partial charge is 0.303 e. The van der Waals surface area contributed by atoms with Crippen LogP contribution in [0.5, 0.6) is 0 Å². The average molecular weight is 168 g/mol. The number of hydrogen-bond acceptors (Lipinski definition) is 2. The monoisotopic (exact) mass is 168 g/mol. The molecule has 0 amide bonds. The van der Waals surface area contributed by atoms with Crippen molar-refractivity contribution in [2.75, 3.05) is 0 Å². The van der Waals surface area contributed by atoms with Crippen LogP contribution in [0.2, 0.25) is 0 Å². The first-order valence-corrected chi connectivity index (χ1v) is 4.16. The molecule has 2 heteroatoms. The molecule has 0 radical (unpaired) electrons. The number of carbonyl (C=O) groups is 2. The quantitative estimate of drug-likeness (QED) is 0.450. The Balaban J connectivity index is 3.86. The minimum Gasteiger partial charge on any atom is -0.303 e. The van der Waals surface area contributed by atoms with Crippen LogP contribution in [0.3, 0.4) is 0 Å². The van der Waals surface area contributed by atoms with Gasteiger partial charge in [0.1, 0.15) is 12.1 Å². The van der Waals surface area contributed by atoms with Crippen molar-refractivity contribution in [2.24, 2.45) is 5.92 Å². The van der Waals surface area contributed by atoms with Gasteiger partial charge < -0.3 is 9.59 Å². The van der Waals surface area contributed by atoms with Gasteiger partial charge in [0.25, 0.3) is 0 Å². The second-order valence-electron chi connectivity index (χ2n) is 3.19. The Morgan fingerprint density at radius 2 is 2.08 bits per heavy atom. The summed E-state index contributed by atoms with van der Waals surface area (Å²) < 4.78 is 0. The Morgan fingerprint density at radius 1 is 1.50 bits per heavy atom. The molecule has 0 spiro atoms. The molecule has 68 valence electrons. The third kappa shape index (κ3) is 4.83. The van der Waals surface area contributed by atoms with Crippen molar-refractivity contribution in [1.29, 1.82) is 0 Å². The van der Waals surface area contributed by atoms with Gasteiger partial charge in [-0.05, 0) is 26.2 Å². The van der Waals surface area contributed by atoms with Crippen LogP contribution in [0, 0.1) is 5.92 Å². The Kier molecular flexibility index (Phi) is 5.26. The second kappa shape index (κ2) is 5.70. The van der Waals surface area contributed by atoms with Crippen LogP contribution in [0.1, 0.15) is 33.1 Å². The summed E-state index contributed by atoms with van der Waals surface area (Å²) in [5.74, 6) is 0.360. The summed E-state index contributed by atoms with van der Waals surface area (Å²) in [5.41, 5.74) is 0.989. The molecule has 0 aliphatic heterocycles. The molecule has 12 heavy (non-hydrogen) atoms. The zero-order chi connectivity index (χ0) is 9.56. The van der Waals surface area contributed by atoms with Gasteiger partial charge in [-0.25, -0.2) is 0 Å². The SMILES string of the molecule is C=C(C)[C@@H](CC=O)CCC(C)=O. The molecule has 1 atom stereocenters. The number of allylic oxidation sites excluding steroid dienone is 1. The predicted octanol–water partition coefficient (Wildman–Crippen LogP) is 2.14. The second-order valence-corrected chi connectivity index (χ2v) is 3.19. The maximum atomic E-state index is 10.7. The van der Waals surface area contributed by atoms with Crippen molar-refractivity contribution in [3.8, 4) is 0 Å². The van der Waals surface area contributed by atoms with E-state index in [0.29, 0.717) is 12.8 Å². The van der Waals surface area contributed by atoms with Crippen LogP contribution >= 0.6 is 0 Å². The summed E-state index contributed by atoms with van der Waals surface area (Å²) in [6.45, 7) is 7.24. The molecule has 0 aromatic carbocycles. The Hall–Kier alpha value is -0.920. The third-order valence-corrected chi connectivity index (χ3v) is 1.92. The lowest BCUT2D eigenvalue weighted by molar-refractivity contribution is -0.117. The normalized spacial score (nSPS) is 12.2. The van der Waals surface area contributed by atoms with Crippen molar-refractivity contribution in [3.63, 3.8) is 0 Å². The van der Waals surface area contributed by atoms with Gasteiger partial charge >= 0.3 is 0 Å². The summed E-state index contributed by atoms with van der Waals surface area (Å²) in [6.07, 6.45) is 2.68. The molecule has 0 fully saturated rings. The predicted molar refractivity (Wildman–Crippen MR) is 48.9 cm³/mol. The Morgan fingerprint density at radius 3 is 2.42 bits per heavy atom. The molecule has 2 nitrogen and oxygen atoms in total. The highest BCUT2D eigenvalue weighted by Crippen LogP contribution is 2.17. The lowest BCUT2D eigenvalue weighted by Gasteiger charge is -2.12. The zero-order valence-corrected chi connectivity index (χ0v) is 7.80. The highest BCUT2D eigenvalue weighted by Gasteiger charge is 2.09. The van der Waals surface area contributed by atoms with E-state index < -0.39 is 0 Å². The van der Waals surface area contributed by atoms with E-state index in [2.05, 4.69) is 6.58 Å². The van der Waals surface area contributed by atoms with Crippen LogP contribution in [-0.2, 0) is 9.59 Å². The average Bonchev–Trinajstić information content (AvgIpc) is 1.96. The van der Waals surface area contributed by atoms with Gasteiger partial charge in [-0.3, -0.25) is 0 Å². The van der Waals surface area contributed by atoms with Crippen LogP contribution < -0.4 is 0 Å². The Bertz CT molecular complexity index is 182. The van der Waals surface area contributed by atoms with E-state index in [9.17, 15) is 9.59 Å².